The van der Waals surface area contributed by atoms with Crippen LogP contribution in [0, 0.1) is 5.92 Å². The number of carbonyl (C=O) groups is 1. The van der Waals surface area contributed by atoms with Gasteiger partial charge in [-0.1, -0.05) is 19.9 Å². The maximum Gasteiger partial charge on any atom is 0.416 e. The molecule has 136 valence electrons. The molecule has 0 aliphatic carbocycles. The molecule has 0 bridgehead atoms. The second-order valence-corrected chi connectivity index (χ2v) is 5.93. The van der Waals surface area contributed by atoms with Crippen LogP contribution in [0.3, 0.4) is 0 Å². The molecule has 0 aliphatic rings. The van der Waals surface area contributed by atoms with Gasteiger partial charge in [0.1, 0.15) is 5.75 Å². The summed E-state index contributed by atoms with van der Waals surface area (Å²) in [4.78, 5) is 12.7. The topological polar surface area (TPSA) is 61.8 Å². The SMILES string of the molecule is CC(C)CCOc1cccc(NC(=O)N(C)CC(O)C(F)(F)F)c1. The molecule has 1 unspecified atom stereocenters. The van der Waals surface area contributed by atoms with E-state index >= 15 is 0 Å². The van der Waals surface area contributed by atoms with Crippen LogP contribution in [0.2, 0.25) is 0 Å². The van der Waals surface area contributed by atoms with Gasteiger partial charge in [-0.25, -0.2) is 4.79 Å². The number of aliphatic hydroxyl groups is 1. The first-order valence-corrected chi connectivity index (χ1v) is 7.59. The number of carbonyl (C=O) groups excluding carboxylic acids is 1. The number of amides is 2. The van der Waals surface area contributed by atoms with Crippen LogP contribution in [0.1, 0.15) is 20.3 Å². The highest BCUT2D eigenvalue weighted by Gasteiger charge is 2.39. The van der Waals surface area contributed by atoms with Crippen LogP contribution in [0.25, 0.3) is 0 Å². The lowest BCUT2D eigenvalue weighted by molar-refractivity contribution is -0.205. The predicted octanol–water partition coefficient (Wildman–Crippen LogP) is 3.50. The molecule has 8 heteroatoms. The Kier molecular flexibility index (Phi) is 7.34. The van der Waals surface area contributed by atoms with Gasteiger partial charge in [0.2, 0.25) is 0 Å². The van der Waals surface area contributed by atoms with Crippen molar-refractivity contribution in [1.82, 2.24) is 4.90 Å². The first-order chi connectivity index (χ1) is 11.1. The second kappa shape index (κ2) is 8.77. The molecule has 1 aromatic rings. The lowest BCUT2D eigenvalue weighted by atomic mass is 10.1. The summed E-state index contributed by atoms with van der Waals surface area (Å²) < 4.78 is 42.5. The number of alkyl halides is 3. The van der Waals surface area contributed by atoms with Crippen LogP contribution in [0.15, 0.2) is 24.3 Å². The zero-order valence-corrected chi connectivity index (χ0v) is 13.9. The molecule has 0 saturated heterocycles. The zero-order valence-electron chi connectivity index (χ0n) is 13.9. The fourth-order valence-electron chi connectivity index (χ4n) is 1.74. The number of urea groups is 1. The van der Waals surface area contributed by atoms with Crippen molar-refractivity contribution >= 4 is 11.7 Å². The minimum Gasteiger partial charge on any atom is -0.494 e. The van der Waals surface area contributed by atoms with Crippen molar-refractivity contribution in [3.05, 3.63) is 24.3 Å². The van der Waals surface area contributed by atoms with Crippen LogP contribution < -0.4 is 10.1 Å². The highest BCUT2D eigenvalue weighted by atomic mass is 19.4. The molecular weight excluding hydrogens is 325 g/mol. The molecule has 1 atom stereocenters. The Labute approximate surface area is 139 Å². The van der Waals surface area contributed by atoms with Crippen molar-refractivity contribution < 1.29 is 27.8 Å². The normalized spacial score (nSPS) is 12.8. The van der Waals surface area contributed by atoms with Crippen molar-refractivity contribution in [1.29, 1.82) is 0 Å². The van der Waals surface area contributed by atoms with Crippen LogP contribution >= 0.6 is 0 Å². The number of hydrogen-bond acceptors (Lipinski definition) is 3. The van der Waals surface area contributed by atoms with Gasteiger partial charge < -0.3 is 20.1 Å². The van der Waals surface area contributed by atoms with Crippen molar-refractivity contribution in [3.63, 3.8) is 0 Å². The van der Waals surface area contributed by atoms with E-state index in [0.29, 0.717) is 24.0 Å². The molecule has 24 heavy (non-hydrogen) atoms. The van der Waals surface area contributed by atoms with Crippen LogP contribution in [0.5, 0.6) is 5.75 Å². The number of hydrogen-bond donors (Lipinski definition) is 2. The summed E-state index contributed by atoms with van der Waals surface area (Å²) in [5, 5.41) is 11.5. The number of nitrogens with zero attached hydrogens (tertiary/aromatic N) is 1. The first-order valence-electron chi connectivity index (χ1n) is 7.59. The molecular formula is C16H23F3N2O3. The number of ether oxygens (including phenoxy) is 1. The largest absolute Gasteiger partial charge is 0.494 e. The number of anilines is 1. The average Bonchev–Trinajstić information content (AvgIpc) is 2.46. The van der Waals surface area contributed by atoms with Crippen molar-refractivity contribution in [2.24, 2.45) is 5.92 Å². The molecule has 1 rings (SSSR count). The van der Waals surface area contributed by atoms with E-state index < -0.39 is 24.9 Å². The number of aliphatic hydroxyl groups excluding tert-OH is 1. The van der Waals surface area contributed by atoms with Gasteiger partial charge in [0.05, 0.1) is 13.2 Å². The standard InChI is InChI=1S/C16H23F3N2O3/c1-11(2)7-8-24-13-6-4-5-12(9-13)20-15(23)21(3)10-14(22)16(17,18)19/h4-6,9,11,14,22H,7-8,10H2,1-3H3,(H,20,23). The maximum atomic E-state index is 12.3. The van der Waals surface area contributed by atoms with E-state index in [0.717, 1.165) is 11.3 Å². The van der Waals surface area contributed by atoms with Gasteiger partial charge in [-0.15, -0.1) is 0 Å². The molecule has 0 heterocycles. The monoisotopic (exact) mass is 348 g/mol. The van der Waals surface area contributed by atoms with Gasteiger partial charge in [0.15, 0.2) is 6.10 Å². The summed E-state index contributed by atoms with van der Waals surface area (Å²) in [7, 11) is 1.17. The molecule has 0 spiro atoms. The van der Waals surface area contributed by atoms with Gasteiger partial charge in [0.25, 0.3) is 0 Å². The number of rotatable bonds is 7. The summed E-state index contributed by atoms with van der Waals surface area (Å²) in [6.45, 7) is 3.84. The third-order valence-electron chi connectivity index (χ3n) is 3.22. The van der Waals surface area contributed by atoms with Gasteiger partial charge in [0, 0.05) is 18.8 Å². The minimum atomic E-state index is -4.77. The Morgan fingerprint density at radius 1 is 1.38 bits per heavy atom. The highest BCUT2D eigenvalue weighted by molar-refractivity contribution is 5.89. The Bertz CT molecular complexity index is 536. The van der Waals surface area contributed by atoms with Crippen molar-refractivity contribution in [2.75, 3.05) is 25.5 Å². The number of benzene rings is 1. The van der Waals surface area contributed by atoms with E-state index in [1.807, 2.05) is 0 Å². The van der Waals surface area contributed by atoms with E-state index in [1.165, 1.54) is 7.05 Å². The zero-order chi connectivity index (χ0) is 18.3. The third-order valence-corrected chi connectivity index (χ3v) is 3.22. The van der Waals surface area contributed by atoms with Gasteiger partial charge in [-0.05, 0) is 24.5 Å². The Morgan fingerprint density at radius 3 is 2.62 bits per heavy atom. The molecule has 2 amide bonds. The molecule has 0 aliphatic heterocycles. The summed E-state index contributed by atoms with van der Waals surface area (Å²) in [5.74, 6) is 1.06. The van der Waals surface area contributed by atoms with Crippen LogP contribution in [0.4, 0.5) is 23.7 Å². The fourth-order valence-corrected chi connectivity index (χ4v) is 1.74. The first kappa shape index (κ1) is 20.1. The van der Waals surface area contributed by atoms with Crippen molar-refractivity contribution in [2.45, 2.75) is 32.5 Å². The summed E-state index contributed by atoms with van der Waals surface area (Å²) >= 11 is 0. The average molecular weight is 348 g/mol. The van der Waals surface area contributed by atoms with Gasteiger partial charge in [-0.3, -0.25) is 0 Å². The Morgan fingerprint density at radius 2 is 2.04 bits per heavy atom. The number of nitrogens with one attached hydrogen (secondary N) is 1. The van der Waals surface area contributed by atoms with Crippen LogP contribution in [-0.2, 0) is 0 Å². The lowest BCUT2D eigenvalue weighted by Gasteiger charge is -2.22. The molecule has 2 N–H and O–H groups in total. The third kappa shape index (κ3) is 7.08. The molecule has 0 aromatic heterocycles. The molecule has 0 saturated carbocycles. The minimum absolute atomic E-state index is 0.399. The van der Waals surface area contributed by atoms with Gasteiger partial charge >= 0.3 is 12.2 Å². The Hall–Kier alpha value is -1.96. The molecule has 1 aromatic carbocycles. The number of halogens is 3. The lowest BCUT2D eigenvalue weighted by Crippen LogP contribution is -2.43. The van der Waals surface area contributed by atoms with E-state index in [1.54, 1.807) is 24.3 Å². The van der Waals surface area contributed by atoms with E-state index in [-0.39, 0.29) is 0 Å². The fraction of sp³-hybridized carbons (Fsp3) is 0.562. The van der Waals surface area contributed by atoms with E-state index in [4.69, 9.17) is 9.84 Å². The molecule has 0 radical (unpaired) electrons. The summed E-state index contributed by atoms with van der Waals surface area (Å²) in [5.41, 5.74) is 0.399. The maximum absolute atomic E-state index is 12.3. The summed E-state index contributed by atoms with van der Waals surface area (Å²) in [6.07, 6.45) is -6.47. The Balaban J connectivity index is 2.57. The smallest absolute Gasteiger partial charge is 0.416 e. The molecule has 5 nitrogen and oxygen atoms in total. The van der Waals surface area contributed by atoms with E-state index in [2.05, 4.69) is 19.2 Å². The van der Waals surface area contributed by atoms with Crippen LogP contribution in [-0.4, -0.2) is 48.5 Å². The predicted molar refractivity (Wildman–Crippen MR) is 85.1 cm³/mol. The summed E-state index contributed by atoms with van der Waals surface area (Å²) in [6, 6.07) is 5.84. The van der Waals surface area contributed by atoms with Gasteiger partial charge in [-0.2, -0.15) is 13.2 Å². The molecule has 0 fully saturated rings. The van der Waals surface area contributed by atoms with E-state index in [9.17, 15) is 18.0 Å². The van der Waals surface area contributed by atoms with Crippen molar-refractivity contribution in [3.8, 4) is 5.75 Å². The number of likely N-dealkylation sites (N-methyl/N-ethyl adjacent to an activating group) is 1. The highest BCUT2D eigenvalue weighted by Crippen LogP contribution is 2.21. The quantitative estimate of drug-likeness (QED) is 0.793. The second-order valence-electron chi connectivity index (χ2n) is 5.93.